The number of rotatable bonds is 8. The Labute approximate surface area is 107 Å². The maximum atomic E-state index is 8.98. The van der Waals surface area contributed by atoms with Gasteiger partial charge in [0.05, 0.1) is 25.5 Å². The Morgan fingerprint density at radius 2 is 1.94 bits per heavy atom. The van der Waals surface area contributed by atoms with Gasteiger partial charge in [-0.3, -0.25) is 0 Å². The summed E-state index contributed by atoms with van der Waals surface area (Å²) in [5.74, 6) is 1.04. The second-order valence-corrected chi connectivity index (χ2v) is 3.85. The van der Waals surface area contributed by atoms with E-state index in [4.69, 9.17) is 20.7 Å². The van der Waals surface area contributed by atoms with E-state index >= 15 is 0 Å². The second kappa shape index (κ2) is 7.73. The number of nitrogen functional groups attached to an aromatic ring is 1. The van der Waals surface area contributed by atoms with Crippen molar-refractivity contribution in [1.82, 2.24) is 4.98 Å². The Morgan fingerprint density at radius 1 is 1.28 bits per heavy atom. The van der Waals surface area contributed by atoms with Crippen LogP contribution in [0.5, 0.6) is 5.88 Å². The van der Waals surface area contributed by atoms with E-state index < -0.39 is 0 Å². The van der Waals surface area contributed by atoms with Crippen LogP contribution in [0, 0.1) is 0 Å². The molecule has 0 saturated carbocycles. The first-order valence-electron chi connectivity index (χ1n) is 6.08. The molecule has 0 fully saturated rings. The topological polar surface area (TPSA) is 91.8 Å². The monoisotopic (exact) mass is 255 g/mol. The van der Waals surface area contributed by atoms with E-state index in [9.17, 15) is 0 Å². The van der Waals surface area contributed by atoms with Crippen molar-refractivity contribution in [3.63, 3.8) is 0 Å². The molecule has 0 aliphatic rings. The minimum absolute atomic E-state index is 0.00277. The Bertz CT molecular complexity index is 354. The normalized spacial score (nSPS) is 10.4. The standard InChI is InChI=1S/C12H21N3O3/c1-2-9-18-12-10(13)3-4-11(14-12)15(5-7-16)6-8-17/h3-4,16-17H,2,5-9,13H2,1H3. The van der Waals surface area contributed by atoms with Gasteiger partial charge in [-0.25, -0.2) is 0 Å². The molecule has 0 radical (unpaired) electrons. The van der Waals surface area contributed by atoms with E-state index in [1.807, 2.05) is 6.92 Å². The van der Waals surface area contributed by atoms with Crippen molar-refractivity contribution >= 4 is 11.5 Å². The average Bonchev–Trinajstić information content (AvgIpc) is 2.38. The third-order valence-corrected chi connectivity index (χ3v) is 2.38. The summed E-state index contributed by atoms with van der Waals surface area (Å²) < 4.78 is 5.45. The van der Waals surface area contributed by atoms with Gasteiger partial charge in [0.25, 0.3) is 0 Å². The number of ether oxygens (including phenoxy) is 1. The van der Waals surface area contributed by atoms with E-state index in [-0.39, 0.29) is 13.2 Å². The molecule has 4 N–H and O–H groups in total. The molecule has 18 heavy (non-hydrogen) atoms. The molecule has 102 valence electrons. The number of hydrogen-bond acceptors (Lipinski definition) is 6. The summed E-state index contributed by atoms with van der Waals surface area (Å²) in [4.78, 5) is 6.08. The fraction of sp³-hybridized carbons (Fsp3) is 0.583. The molecule has 1 aromatic heterocycles. The quantitative estimate of drug-likeness (QED) is 0.616. The number of pyridine rings is 1. The first-order valence-corrected chi connectivity index (χ1v) is 6.08. The highest BCUT2D eigenvalue weighted by Gasteiger charge is 2.10. The number of anilines is 2. The van der Waals surface area contributed by atoms with Gasteiger partial charge in [-0.2, -0.15) is 4.98 Å². The van der Waals surface area contributed by atoms with Crippen molar-refractivity contribution in [2.75, 3.05) is 43.5 Å². The molecule has 0 aliphatic carbocycles. The minimum Gasteiger partial charge on any atom is -0.476 e. The van der Waals surface area contributed by atoms with Crippen LogP contribution >= 0.6 is 0 Å². The van der Waals surface area contributed by atoms with Crippen molar-refractivity contribution in [2.45, 2.75) is 13.3 Å². The van der Waals surface area contributed by atoms with Crippen molar-refractivity contribution in [2.24, 2.45) is 0 Å². The lowest BCUT2D eigenvalue weighted by molar-refractivity contribution is 0.279. The van der Waals surface area contributed by atoms with E-state index in [1.165, 1.54) is 0 Å². The maximum absolute atomic E-state index is 8.98. The highest BCUT2D eigenvalue weighted by atomic mass is 16.5. The van der Waals surface area contributed by atoms with Crippen molar-refractivity contribution in [3.8, 4) is 5.88 Å². The summed E-state index contributed by atoms with van der Waals surface area (Å²) in [5.41, 5.74) is 6.26. The number of aromatic nitrogens is 1. The Kier molecular flexibility index (Phi) is 6.24. The van der Waals surface area contributed by atoms with Crippen LogP contribution in [-0.2, 0) is 0 Å². The SMILES string of the molecule is CCCOc1nc(N(CCO)CCO)ccc1N. The van der Waals surface area contributed by atoms with Crippen LogP contribution in [-0.4, -0.2) is 48.1 Å². The van der Waals surface area contributed by atoms with E-state index in [0.717, 1.165) is 6.42 Å². The van der Waals surface area contributed by atoms with Gasteiger partial charge in [-0.05, 0) is 18.6 Å². The molecule has 1 rings (SSSR count). The lowest BCUT2D eigenvalue weighted by Crippen LogP contribution is -2.30. The smallest absolute Gasteiger partial charge is 0.239 e. The Balaban J connectivity index is 2.86. The van der Waals surface area contributed by atoms with Crippen LogP contribution < -0.4 is 15.4 Å². The van der Waals surface area contributed by atoms with Crippen LogP contribution in [0.4, 0.5) is 11.5 Å². The lowest BCUT2D eigenvalue weighted by Gasteiger charge is -2.22. The summed E-state index contributed by atoms with van der Waals surface area (Å²) in [6.07, 6.45) is 0.877. The first-order chi connectivity index (χ1) is 8.72. The van der Waals surface area contributed by atoms with Crippen molar-refractivity contribution < 1.29 is 14.9 Å². The highest BCUT2D eigenvalue weighted by molar-refractivity contribution is 5.54. The number of aliphatic hydroxyl groups is 2. The zero-order chi connectivity index (χ0) is 13.4. The molecule has 0 bridgehead atoms. The molecule has 0 amide bonds. The molecule has 6 heteroatoms. The number of aliphatic hydroxyl groups excluding tert-OH is 2. The zero-order valence-electron chi connectivity index (χ0n) is 10.7. The molecule has 1 heterocycles. The molecular formula is C12H21N3O3. The van der Waals surface area contributed by atoms with E-state index in [0.29, 0.717) is 37.1 Å². The van der Waals surface area contributed by atoms with Gasteiger partial charge in [0.15, 0.2) is 0 Å². The lowest BCUT2D eigenvalue weighted by atomic mass is 10.3. The predicted octanol–water partition coefficient (Wildman–Crippen LogP) is 0.244. The van der Waals surface area contributed by atoms with Crippen LogP contribution in [0.25, 0.3) is 0 Å². The second-order valence-electron chi connectivity index (χ2n) is 3.85. The summed E-state index contributed by atoms with van der Waals surface area (Å²) in [5, 5.41) is 18.0. The molecule has 6 nitrogen and oxygen atoms in total. The van der Waals surface area contributed by atoms with Gasteiger partial charge in [0.2, 0.25) is 5.88 Å². The molecule has 0 saturated heterocycles. The molecule has 1 aromatic rings. The third kappa shape index (κ3) is 4.05. The van der Waals surface area contributed by atoms with Gasteiger partial charge < -0.3 is 25.6 Å². The van der Waals surface area contributed by atoms with Crippen molar-refractivity contribution in [1.29, 1.82) is 0 Å². The summed E-state index contributed by atoms with van der Waals surface area (Å²) in [7, 11) is 0. The molecule has 0 spiro atoms. The fourth-order valence-electron chi connectivity index (χ4n) is 1.51. The fourth-order valence-corrected chi connectivity index (χ4v) is 1.51. The van der Waals surface area contributed by atoms with E-state index in [2.05, 4.69) is 4.98 Å². The molecule has 0 aromatic carbocycles. The molecular weight excluding hydrogens is 234 g/mol. The maximum Gasteiger partial charge on any atom is 0.239 e. The minimum atomic E-state index is -0.00277. The Hall–Kier alpha value is -1.53. The number of hydrogen-bond donors (Lipinski definition) is 3. The van der Waals surface area contributed by atoms with Gasteiger partial charge in [-0.1, -0.05) is 6.92 Å². The number of nitrogens with two attached hydrogens (primary N) is 1. The van der Waals surface area contributed by atoms with Gasteiger partial charge in [0, 0.05) is 13.1 Å². The highest BCUT2D eigenvalue weighted by Crippen LogP contribution is 2.23. The molecule has 0 unspecified atom stereocenters. The Morgan fingerprint density at radius 3 is 2.50 bits per heavy atom. The van der Waals surface area contributed by atoms with E-state index in [1.54, 1.807) is 17.0 Å². The van der Waals surface area contributed by atoms with Gasteiger partial charge in [-0.15, -0.1) is 0 Å². The number of nitrogens with zero attached hydrogens (tertiary/aromatic N) is 2. The van der Waals surface area contributed by atoms with Crippen LogP contribution in [0.1, 0.15) is 13.3 Å². The van der Waals surface area contributed by atoms with Crippen molar-refractivity contribution in [3.05, 3.63) is 12.1 Å². The first kappa shape index (κ1) is 14.5. The van der Waals surface area contributed by atoms with Gasteiger partial charge in [0.1, 0.15) is 5.82 Å². The summed E-state index contributed by atoms with van der Waals surface area (Å²) in [6.45, 7) is 3.37. The average molecular weight is 255 g/mol. The summed E-state index contributed by atoms with van der Waals surface area (Å²) in [6, 6.07) is 3.47. The van der Waals surface area contributed by atoms with Crippen LogP contribution in [0.3, 0.4) is 0 Å². The van der Waals surface area contributed by atoms with Crippen LogP contribution in [0.2, 0.25) is 0 Å². The molecule has 0 atom stereocenters. The van der Waals surface area contributed by atoms with Crippen LogP contribution in [0.15, 0.2) is 12.1 Å². The summed E-state index contributed by atoms with van der Waals surface area (Å²) >= 11 is 0. The molecule has 0 aliphatic heterocycles. The predicted molar refractivity (Wildman–Crippen MR) is 70.8 cm³/mol. The van der Waals surface area contributed by atoms with Gasteiger partial charge >= 0.3 is 0 Å². The third-order valence-electron chi connectivity index (χ3n) is 2.38. The zero-order valence-corrected chi connectivity index (χ0v) is 10.7. The largest absolute Gasteiger partial charge is 0.476 e.